The fourth-order valence-corrected chi connectivity index (χ4v) is 2.25. The largest absolute Gasteiger partial charge is 0.385 e. The third kappa shape index (κ3) is 3.84. The van der Waals surface area contributed by atoms with Crippen LogP contribution in [0.1, 0.15) is 28.5 Å². The molecule has 0 radical (unpaired) electrons. The molecule has 0 aliphatic heterocycles. The van der Waals surface area contributed by atoms with Gasteiger partial charge in [0.25, 0.3) is 5.91 Å². The van der Waals surface area contributed by atoms with E-state index in [9.17, 15) is 4.79 Å². The number of hydrogen-bond acceptors (Lipinski definition) is 3. The van der Waals surface area contributed by atoms with Crippen molar-refractivity contribution in [2.75, 3.05) is 18.4 Å². The Kier molecular flexibility index (Phi) is 4.98. The van der Waals surface area contributed by atoms with Crippen LogP contribution in [-0.4, -0.2) is 28.8 Å². The van der Waals surface area contributed by atoms with E-state index in [1.165, 1.54) is 0 Å². The fourth-order valence-electron chi connectivity index (χ4n) is 2.25. The molecule has 112 valence electrons. The first kappa shape index (κ1) is 15.1. The minimum Gasteiger partial charge on any atom is -0.385 e. The average Bonchev–Trinajstić information content (AvgIpc) is 2.87. The number of hydrogen-bond donors (Lipinski definition) is 2. The Morgan fingerprint density at radius 3 is 2.76 bits per heavy atom. The Balaban J connectivity index is 1.91. The topological polar surface area (TPSA) is 59.0 Å². The molecular weight excluding hydrogens is 264 g/mol. The van der Waals surface area contributed by atoms with E-state index in [1.54, 1.807) is 6.20 Å². The molecule has 2 N–H and O–H groups in total. The summed E-state index contributed by atoms with van der Waals surface area (Å²) in [5.41, 5.74) is 3.95. The number of benzene rings is 1. The van der Waals surface area contributed by atoms with Crippen molar-refractivity contribution in [2.24, 2.45) is 7.05 Å². The van der Waals surface area contributed by atoms with Crippen LogP contribution in [0.2, 0.25) is 0 Å². The van der Waals surface area contributed by atoms with Crippen molar-refractivity contribution in [1.82, 2.24) is 15.1 Å². The highest BCUT2D eigenvalue weighted by atomic mass is 16.1. The lowest BCUT2D eigenvalue weighted by Crippen LogP contribution is -2.26. The van der Waals surface area contributed by atoms with Crippen LogP contribution in [0.5, 0.6) is 0 Å². The molecule has 0 aliphatic carbocycles. The van der Waals surface area contributed by atoms with E-state index in [0.29, 0.717) is 12.1 Å². The maximum absolute atomic E-state index is 12.1. The number of aryl methyl sites for hydroxylation is 2. The van der Waals surface area contributed by atoms with Crippen LogP contribution in [0.25, 0.3) is 0 Å². The number of anilines is 1. The number of aromatic nitrogens is 2. The van der Waals surface area contributed by atoms with Gasteiger partial charge in [0, 0.05) is 49.7 Å². The molecule has 0 fully saturated rings. The molecule has 0 unspecified atom stereocenters. The molecule has 0 aliphatic rings. The summed E-state index contributed by atoms with van der Waals surface area (Å²) in [6.45, 7) is 5.53. The Hall–Kier alpha value is -2.30. The van der Waals surface area contributed by atoms with Gasteiger partial charge in [0.05, 0.1) is 0 Å². The van der Waals surface area contributed by atoms with Crippen LogP contribution in [0, 0.1) is 6.92 Å². The van der Waals surface area contributed by atoms with Gasteiger partial charge in [-0.1, -0.05) is 0 Å². The monoisotopic (exact) mass is 286 g/mol. The van der Waals surface area contributed by atoms with E-state index >= 15 is 0 Å². The van der Waals surface area contributed by atoms with E-state index in [-0.39, 0.29) is 5.91 Å². The molecule has 0 bridgehead atoms. The van der Waals surface area contributed by atoms with Crippen LogP contribution in [0.4, 0.5) is 5.69 Å². The van der Waals surface area contributed by atoms with Gasteiger partial charge in [-0.25, -0.2) is 0 Å². The molecule has 0 atom stereocenters. The zero-order valence-electron chi connectivity index (χ0n) is 12.8. The van der Waals surface area contributed by atoms with Crippen molar-refractivity contribution in [3.05, 3.63) is 47.3 Å². The minimum atomic E-state index is -0.0386. The molecular formula is C16H22N4O. The third-order valence-corrected chi connectivity index (χ3v) is 3.44. The zero-order valence-corrected chi connectivity index (χ0v) is 12.8. The molecule has 21 heavy (non-hydrogen) atoms. The lowest BCUT2D eigenvalue weighted by atomic mass is 10.1. The first-order chi connectivity index (χ1) is 10.1. The summed E-state index contributed by atoms with van der Waals surface area (Å²) in [4.78, 5) is 12.1. The average molecular weight is 286 g/mol. The van der Waals surface area contributed by atoms with Gasteiger partial charge >= 0.3 is 0 Å². The molecule has 5 heteroatoms. The SMILES string of the molecule is CCNc1ccc(C(=O)NCCc2ccnn2C)cc1C. The summed E-state index contributed by atoms with van der Waals surface area (Å²) >= 11 is 0. The summed E-state index contributed by atoms with van der Waals surface area (Å²) in [6, 6.07) is 7.68. The van der Waals surface area contributed by atoms with E-state index in [4.69, 9.17) is 0 Å². The van der Waals surface area contributed by atoms with Crippen molar-refractivity contribution >= 4 is 11.6 Å². The summed E-state index contributed by atoms with van der Waals surface area (Å²) in [6.07, 6.45) is 2.54. The van der Waals surface area contributed by atoms with Gasteiger partial charge in [0.15, 0.2) is 0 Å². The second-order valence-corrected chi connectivity index (χ2v) is 5.01. The standard InChI is InChI=1S/C16H22N4O/c1-4-17-15-6-5-13(11-12(15)2)16(21)18-9-7-14-8-10-19-20(14)3/h5-6,8,10-11,17H,4,7,9H2,1-3H3,(H,18,21). The molecule has 5 nitrogen and oxygen atoms in total. The highest BCUT2D eigenvalue weighted by molar-refractivity contribution is 5.94. The van der Waals surface area contributed by atoms with Gasteiger partial charge in [-0.3, -0.25) is 9.48 Å². The first-order valence-corrected chi connectivity index (χ1v) is 7.21. The van der Waals surface area contributed by atoms with E-state index in [2.05, 4.69) is 22.7 Å². The lowest BCUT2D eigenvalue weighted by molar-refractivity contribution is 0.0954. The fraction of sp³-hybridized carbons (Fsp3) is 0.375. The quantitative estimate of drug-likeness (QED) is 0.855. The van der Waals surface area contributed by atoms with Crippen molar-refractivity contribution < 1.29 is 4.79 Å². The van der Waals surface area contributed by atoms with Crippen molar-refractivity contribution in [2.45, 2.75) is 20.3 Å². The lowest BCUT2D eigenvalue weighted by Gasteiger charge is -2.10. The zero-order chi connectivity index (χ0) is 15.2. The predicted octanol–water partition coefficient (Wildman–Crippen LogP) is 2.13. The first-order valence-electron chi connectivity index (χ1n) is 7.21. The molecule has 1 aromatic carbocycles. The van der Waals surface area contributed by atoms with Gasteiger partial charge in [-0.05, 0) is 43.7 Å². The highest BCUT2D eigenvalue weighted by Crippen LogP contribution is 2.16. The smallest absolute Gasteiger partial charge is 0.251 e. The Labute approximate surface area is 125 Å². The van der Waals surface area contributed by atoms with Gasteiger partial charge in [0.1, 0.15) is 0 Å². The second kappa shape index (κ2) is 6.92. The van der Waals surface area contributed by atoms with E-state index < -0.39 is 0 Å². The summed E-state index contributed by atoms with van der Waals surface area (Å²) in [5.74, 6) is -0.0386. The van der Waals surface area contributed by atoms with Crippen LogP contribution in [0.3, 0.4) is 0 Å². The Bertz CT molecular complexity index is 618. The van der Waals surface area contributed by atoms with Gasteiger partial charge in [-0.2, -0.15) is 5.10 Å². The Morgan fingerprint density at radius 1 is 1.33 bits per heavy atom. The van der Waals surface area contributed by atoms with Crippen LogP contribution < -0.4 is 10.6 Å². The van der Waals surface area contributed by atoms with Crippen molar-refractivity contribution in [3.63, 3.8) is 0 Å². The van der Waals surface area contributed by atoms with E-state index in [1.807, 2.05) is 42.9 Å². The molecule has 2 aromatic rings. The summed E-state index contributed by atoms with van der Waals surface area (Å²) in [5, 5.41) is 10.3. The summed E-state index contributed by atoms with van der Waals surface area (Å²) < 4.78 is 1.82. The number of nitrogens with zero attached hydrogens (tertiary/aromatic N) is 2. The second-order valence-electron chi connectivity index (χ2n) is 5.01. The molecule has 0 saturated carbocycles. The maximum atomic E-state index is 12.1. The normalized spacial score (nSPS) is 10.4. The van der Waals surface area contributed by atoms with Crippen LogP contribution in [-0.2, 0) is 13.5 Å². The minimum absolute atomic E-state index is 0.0386. The number of rotatable bonds is 6. The molecule has 1 amide bonds. The van der Waals surface area contributed by atoms with Gasteiger partial charge in [0.2, 0.25) is 0 Å². The summed E-state index contributed by atoms with van der Waals surface area (Å²) in [7, 11) is 1.90. The van der Waals surface area contributed by atoms with Crippen molar-refractivity contribution in [1.29, 1.82) is 0 Å². The van der Waals surface area contributed by atoms with Crippen LogP contribution in [0.15, 0.2) is 30.5 Å². The number of nitrogens with one attached hydrogen (secondary N) is 2. The van der Waals surface area contributed by atoms with Crippen molar-refractivity contribution in [3.8, 4) is 0 Å². The molecule has 0 saturated heterocycles. The highest BCUT2D eigenvalue weighted by Gasteiger charge is 2.07. The molecule has 0 spiro atoms. The molecule has 1 aromatic heterocycles. The number of carbonyl (C=O) groups is 1. The van der Waals surface area contributed by atoms with Crippen LogP contribution >= 0.6 is 0 Å². The van der Waals surface area contributed by atoms with Gasteiger partial charge in [-0.15, -0.1) is 0 Å². The maximum Gasteiger partial charge on any atom is 0.251 e. The Morgan fingerprint density at radius 2 is 2.14 bits per heavy atom. The van der Waals surface area contributed by atoms with E-state index in [0.717, 1.165) is 29.9 Å². The molecule has 1 heterocycles. The number of carbonyl (C=O) groups excluding carboxylic acids is 1. The predicted molar refractivity (Wildman–Crippen MR) is 84.6 cm³/mol. The third-order valence-electron chi connectivity index (χ3n) is 3.44. The number of amides is 1. The molecule has 2 rings (SSSR count). The van der Waals surface area contributed by atoms with Gasteiger partial charge < -0.3 is 10.6 Å².